The van der Waals surface area contributed by atoms with Crippen LogP contribution in [0, 0.1) is 12.8 Å². The SMILES string of the molecule is Cc1nnn(CC2CCN(C(=O)OC(Cn3ncnn3)c3ccccc3Cl)CC2)n1. The first-order chi connectivity index (χ1) is 14.6. The molecule has 0 N–H and O–H groups in total. The van der Waals surface area contributed by atoms with Crippen molar-refractivity contribution in [1.82, 2.24) is 45.3 Å². The molecule has 0 bridgehead atoms. The van der Waals surface area contributed by atoms with Crippen molar-refractivity contribution in [3.63, 3.8) is 0 Å². The Kier molecular flexibility index (Phi) is 6.17. The van der Waals surface area contributed by atoms with Crippen LogP contribution in [0.25, 0.3) is 0 Å². The highest BCUT2D eigenvalue weighted by molar-refractivity contribution is 6.31. The fourth-order valence-corrected chi connectivity index (χ4v) is 3.74. The first-order valence-corrected chi connectivity index (χ1v) is 10.1. The number of piperidine rings is 1. The number of carbonyl (C=O) groups excluding carboxylic acids is 1. The third-order valence-electron chi connectivity index (χ3n) is 5.06. The quantitative estimate of drug-likeness (QED) is 0.581. The lowest BCUT2D eigenvalue weighted by Crippen LogP contribution is -2.40. The van der Waals surface area contributed by atoms with Crippen molar-refractivity contribution in [3.8, 4) is 0 Å². The number of carbonyl (C=O) groups is 1. The van der Waals surface area contributed by atoms with Crippen LogP contribution in [0.5, 0.6) is 0 Å². The van der Waals surface area contributed by atoms with Gasteiger partial charge in [-0.3, -0.25) is 0 Å². The summed E-state index contributed by atoms with van der Waals surface area (Å²) in [5.41, 5.74) is 0.701. The van der Waals surface area contributed by atoms with E-state index in [9.17, 15) is 4.79 Å². The molecule has 2 aromatic heterocycles. The number of hydrogen-bond donors (Lipinski definition) is 0. The highest BCUT2D eigenvalue weighted by Gasteiger charge is 2.28. The van der Waals surface area contributed by atoms with Crippen LogP contribution in [0.4, 0.5) is 4.79 Å². The Bertz CT molecular complexity index is 970. The molecule has 1 aromatic carbocycles. The number of aryl methyl sites for hydroxylation is 1. The van der Waals surface area contributed by atoms with Crippen molar-refractivity contribution >= 4 is 17.7 Å². The number of amides is 1. The van der Waals surface area contributed by atoms with Gasteiger partial charge in [-0.05, 0) is 42.2 Å². The van der Waals surface area contributed by atoms with E-state index < -0.39 is 6.10 Å². The molecule has 12 heteroatoms. The van der Waals surface area contributed by atoms with Gasteiger partial charge < -0.3 is 9.64 Å². The van der Waals surface area contributed by atoms with Gasteiger partial charge >= 0.3 is 6.09 Å². The first kappa shape index (κ1) is 20.2. The van der Waals surface area contributed by atoms with Crippen molar-refractivity contribution in [2.75, 3.05) is 13.1 Å². The molecule has 1 amide bonds. The van der Waals surface area contributed by atoms with Gasteiger partial charge in [0.25, 0.3) is 0 Å². The van der Waals surface area contributed by atoms with Crippen molar-refractivity contribution in [2.45, 2.75) is 39.0 Å². The molecule has 0 aliphatic carbocycles. The van der Waals surface area contributed by atoms with Crippen molar-refractivity contribution in [3.05, 3.63) is 47.0 Å². The maximum atomic E-state index is 12.8. The van der Waals surface area contributed by atoms with Gasteiger partial charge in [-0.2, -0.15) is 9.59 Å². The van der Waals surface area contributed by atoms with E-state index in [1.807, 2.05) is 25.1 Å². The van der Waals surface area contributed by atoms with Crippen LogP contribution in [-0.2, 0) is 17.8 Å². The number of likely N-dealkylation sites (tertiary alicyclic amines) is 1. The summed E-state index contributed by atoms with van der Waals surface area (Å²) in [6.07, 6.45) is 2.02. The fourth-order valence-electron chi connectivity index (χ4n) is 3.48. The highest BCUT2D eigenvalue weighted by atomic mass is 35.5. The highest BCUT2D eigenvalue weighted by Crippen LogP contribution is 2.28. The van der Waals surface area contributed by atoms with E-state index in [2.05, 4.69) is 30.8 Å². The number of aromatic nitrogens is 8. The first-order valence-electron chi connectivity index (χ1n) is 9.73. The van der Waals surface area contributed by atoms with Gasteiger partial charge in [0.05, 0.1) is 6.54 Å². The van der Waals surface area contributed by atoms with Crippen LogP contribution in [-0.4, -0.2) is 64.5 Å². The van der Waals surface area contributed by atoms with Gasteiger partial charge in [0, 0.05) is 23.7 Å². The third-order valence-corrected chi connectivity index (χ3v) is 5.41. The van der Waals surface area contributed by atoms with Crippen molar-refractivity contribution in [1.29, 1.82) is 0 Å². The minimum Gasteiger partial charge on any atom is -0.439 e. The summed E-state index contributed by atoms with van der Waals surface area (Å²) in [4.78, 5) is 17.6. The maximum absolute atomic E-state index is 12.8. The van der Waals surface area contributed by atoms with Crippen LogP contribution in [0.2, 0.25) is 5.02 Å². The minimum atomic E-state index is -0.625. The average Bonchev–Trinajstić information content (AvgIpc) is 3.40. The normalized spacial score (nSPS) is 15.9. The van der Waals surface area contributed by atoms with E-state index in [0.29, 0.717) is 42.0 Å². The van der Waals surface area contributed by atoms with E-state index in [0.717, 1.165) is 12.8 Å². The lowest BCUT2D eigenvalue weighted by molar-refractivity contribution is 0.0407. The molecule has 1 fully saturated rings. The lowest BCUT2D eigenvalue weighted by atomic mass is 9.97. The predicted molar refractivity (Wildman–Crippen MR) is 105 cm³/mol. The summed E-state index contributed by atoms with van der Waals surface area (Å²) >= 11 is 6.34. The fraction of sp³-hybridized carbons (Fsp3) is 0.500. The molecule has 1 aliphatic heterocycles. The largest absolute Gasteiger partial charge is 0.439 e. The Morgan fingerprint density at radius 3 is 2.70 bits per heavy atom. The Hall–Kier alpha value is -3.08. The number of benzene rings is 1. The van der Waals surface area contributed by atoms with Gasteiger partial charge in [-0.1, -0.05) is 29.8 Å². The topological polar surface area (TPSA) is 117 Å². The second-order valence-corrected chi connectivity index (χ2v) is 7.61. The molecule has 1 atom stereocenters. The summed E-state index contributed by atoms with van der Waals surface area (Å²) in [7, 11) is 0. The Labute approximate surface area is 177 Å². The number of ether oxygens (including phenoxy) is 1. The Morgan fingerprint density at radius 1 is 1.23 bits per heavy atom. The minimum absolute atomic E-state index is 0.225. The monoisotopic (exact) mass is 431 g/mol. The molecule has 1 unspecified atom stereocenters. The van der Waals surface area contributed by atoms with Gasteiger partial charge in [0.1, 0.15) is 6.54 Å². The zero-order valence-electron chi connectivity index (χ0n) is 16.5. The second kappa shape index (κ2) is 9.16. The lowest BCUT2D eigenvalue weighted by Gasteiger charge is -2.32. The van der Waals surface area contributed by atoms with Gasteiger partial charge in [0.2, 0.25) is 0 Å². The molecular formula is C18H22ClN9O2. The van der Waals surface area contributed by atoms with Crippen LogP contribution < -0.4 is 0 Å². The van der Waals surface area contributed by atoms with Crippen LogP contribution >= 0.6 is 11.6 Å². The van der Waals surface area contributed by atoms with E-state index in [4.69, 9.17) is 16.3 Å². The maximum Gasteiger partial charge on any atom is 0.410 e. The number of rotatable bonds is 6. The van der Waals surface area contributed by atoms with Crippen LogP contribution in [0.15, 0.2) is 30.6 Å². The molecule has 4 rings (SSSR count). The van der Waals surface area contributed by atoms with Crippen LogP contribution in [0.1, 0.15) is 30.3 Å². The van der Waals surface area contributed by atoms with E-state index in [1.54, 1.807) is 15.8 Å². The zero-order chi connectivity index (χ0) is 20.9. The standard InChI is InChI=1S/C18H22ClN9O2/c1-13-22-25-28(23-13)10-14-6-8-26(9-7-14)18(29)30-17(11-27-21-12-20-24-27)15-4-2-3-5-16(15)19/h2-5,12,14,17H,6-11H2,1H3. The summed E-state index contributed by atoms with van der Waals surface area (Å²) < 4.78 is 5.82. The molecule has 0 saturated carbocycles. The summed E-state index contributed by atoms with van der Waals surface area (Å²) in [6, 6.07) is 7.27. The van der Waals surface area contributed by atoms with Gasteiger partial charge in [0.15, 0.2) is 18.3 Å². The number of hydrogen-bond acceptors (Lipinski definition) is 8. The summed E-state index contributed by atoms with van der Waals surface area (Å²) in [6.45, 7) is 3.95. The molecule has 0 radical (unpaired) electrons. The predicted octanol–water partition coefficient (Wildman–Crippen LogP) is 1.91. The molecule has 3 aromatic rings. The van der Waals surface area contributed by atoms with E-state index in [1.165, 1.54) is 11.1 Å². The smallest absolute Gasteiger partial charge is 0.410 e. The van der Waals surface area contributed by atoms with Crippen molar-refractivity contribution in [2.24, 2.45) is 5.92 Å². The van der Waals surface area contributed by atoms with Crippen molar-refractivity contribution < 1.29 is 9.53 Å². The molecule has 1 aliphatic rings. The zero-order valence-corrected chi connectivity index (χ0v) is 17.3. The summed E-state index contributed by atoms with van der Waals surface area (Å²) in [5.74, 6) is 1.05. The van der Waals surface area contributed by atoms with E-state index in [-0.39, 0.29) is 12.6 Å². The molecular weight excluding hydrogens is 410 g/mol. The Morgan fingerprint density at radius 2 is 2.03 bits per heavy atom. The average molecular weight is 432 g/mol. The van der Waals surface area contributed by atoms with Gasteiger partial charge in [-0.15, -0.1) is 20.4 Å². The molecule has 11 nitrogen and oxygen atoms in total. The van der Waals surface area contributed by atoms with Crippen LogP contribution in [0.3, 0.4) is 0 Å². The second-order valence-electron chi connectivity index (χ2n) is 7.21. The molecule has 0 spiro atoms. The number of halogens is 1. The third kappa shape index (κ3) is 4.90. The number of tetrazole rings is 2. The molecule has 3 heterocycles. The number of nitrogens with zero attached hydrogens (tertiary/aromatic N) is 9. The summed E-state index contributed by atoms with van der Waals surface area (Å²) in [5, 5.41) is 24.3. The Balaban J connectivity index is 1.37. The van der Waals surface area contributed by atoms with Gasteiger partial charge in [-0.25, -0.2) is 4.79 Å². The molecule has 30 heavy (non-hydrogen) atoms. The molecule has 158 valence electrons. The molecule has 1 saturated heterocycles. The van der Waals surface area contributed by atoms with E-state index >= 15 is 0 Å².